The minimum Gasteiger partial charge on any atom is -0.490 e. The fraction of sp³-hybridized carbons (Fsp3) is 0.148. The third-order valence-electron chi connectivity index (χ3n) is 4.99. The highest BCUT2D eigenvalue weighted by atomic mass is 35.5. The number of aryl methyl sites for hydroxylation is 1. The second-order valence-corrected chi connectivity index (χ2v) is 9.80. The van der Waals surface area contributed by atoms with Crippen molar-refractivity contribution in [3.8, 4) is 11.5 Å². The van der Waals surface area contributed by atoms with Gasteiger partial charge in [0, 0.05) is 10.7 Å². The standard InChI is InChI=1S/C27H23Cl2N3O4S/c1-3-35-22-13-17(14-23-26(34)32-27(37-23)31-19-9-7-18(28)8-10-19)12-21(29)25(22)36-15-24(33)30-20-6-4-5-16(2)11-20/h4-14H,3,15H2,1-2H3,(H,30,33)(H,31,32,34)/b23-14-. The summed E-state index contributed by atoms with van der Waals surface area (Å²) in [5, 5.41) is 6.85. The van der Waals surface area contributed by atoms with Gasteiger partial charge in [0.2, 0.25) is 0 Å². The zero-order chi connectivity index (χ0) is 26.4. The van der Waals surface area contributed by atoms with Crippen molar-refractivity contribution in [2.75, 3.05) is 18.5 Å². The number of rotatable bonds is 8. The van der Waals surface area contributed by atoms with Crippen LogP contribution in [0.2, 0.25) is 10.0 Å². The number of anilines is 1. The van der Waals surface area contributed by atoms with Crippen LogP contribution in [0.5, 0.6) is 11.5 Å². The van der Waals surface area contributed by atoms with Crippen LogP contribution in [0.25, 0.3) is 6.08 Å². The topological polar surface area (TPSA) is 89.0 Å². The normalized spacial score (nSPS) is 15.1. The van der Waals surface area contributed by atoms with E-state index in [4.69, 9.17) is 32.7 Å². The van der Waals surface area contributed by atoms with E-state index >= 15 is 0 Å². The fourth-order valence-electron chi connectivity index (χ4n) is 3.40. The summed E-state index contributed by atoms with van der Waals surface area (Å²) in [6.45, 7) is 3.87. The van der Waals surface area contributed by atoms with E-state index in [9.17, 15) is 9.59 Å². The molecule has 1 aliphatic rings. The number of carbonyl (C=O) groups is 2. The summed E-state index contributed by atoms with van der Waals surface area (Å²) in [6.07, 6.45) is 1.69. The lowest BCUT2D eigenvalue weighted by atomic mass is 10.2. The first-order chi connectivity index (χ1) is 17.8. The molecule has 3 aromatic carbocycles. The second-order valence-electron chi connectivity index (χ2n) is 7.93. The number of halogens is 2. The number of nitrogens with zero attached hydrogens (tertiary/aromatic N) is 1. The summed E-state index contributed by atoms with van der Waals surface area (Å²) in [5.41, 5.74) is 3.01. The first-order valence-electron chi connectivity index (χ1n) is 11.3. The van der Waals surface area contributed by atoms with E-state index in [-0.39, 0.29) is 29.2 Å². The number of benzene rings is 3. The number of hydrogen-bond acceptors (Lipinski definition) is 6. The number of amidine groups is 1. The highest BCUT2D eigenvalue weighted by Gasteiger charge is 2.24. The molecule has 2 N–H and O–H groups in total. The molecule has 0 aliphatic carbocycles. The van der Waals surface area contributed by atoms with Crippen molar-refractivity contribution in [1.29, 1.82) is 0 Å². The minimum atomic E-state index is -0.332. The van der Waals surface area contributed by atoms with Crippen LogP contribution in [-0.2, 0) is 9.59 Å². The predicted molar refractivity (Wildman–Crippen MR) is 150 cm³/mol. The van der Waals surface area contributed by atoms with Crippen LogP contribution in [0.15, 0.2) is 70.6 Å². The van der Waals surface area contributed by atoms with Gasteiger partial charge in [0.05, 0.1) is 22.2 Å². The van der Waals surface area contributed by atoms with Crippen LogP contribution < -0.4 is 20.1 Å². The molecule has 7 nitrogen and oxygen atoms in total. The van der Waals surface area contributed by atoms with Gasteiger partial charge in [-0.3, -0.25) is 9.59 Å². The van der Waals surface area contributed by atoms with Gasteiger partial charge >= 0.3 is 0 Å². The minimum absolute atomic E-state index is 0.249. The monoisotopic (exact) mass is 555 g/mol. The first kappa shape index (κ1) is 26.6. The Labute approximate surface area is 228 Å². The van der Waals surface area contributed by atoms with E-state index in [1.807, 2.05) is 32.0 Å². The Morgan fingerprint density at radius 3 is 2.62 bits per heavy atom. The molecule has 0 unspecified atom stereocenters. The van der Waals surface area contributed by atoms with E-state index in [2.05, 4.69) is 15.6 Å². The highest BCUT2D eigenvalue weighted by Crippen LogP contribution is 2.38. The molecule has 0 bridgehead atoms. The first-order valence-corrected chi connectivity index (χ1v) is 12.9. The molecule has 1 fully saturated rings. The molecule has 1 aliphatic heterocycles. The lowest BCUT2D eigenvalue weighted by Crippen LogP contribution is -2.20. The van der Waals surface area contributed by atoms with Gasteiger partial charge in [0.15, 0.2) is 23.3 Å². The molecular formula is C27H23Cl2N3O4S. The van der Waals surface area contributed by atoms with E-state index < -0.39 is 0 Å². The number of aliphatic imine (C=N–C) groups is 1. The second kappa shape index (κ2) is 12.2. The van der Waals surface area contributed by atoms with Gasteiger partial charge < -0.3 is 20.1 Å². The van der Waals surface area contributed by atoms with Crippen LogP contribution in [-0.4, -0.2) is 30.2 Å². The predicted octanol–water partition coefficient (Wildman–Crippen LogP) is 6.61. The largest absolute Gasteiger partial charge is 0.490 e. The Hall–Kier alpha value is -3.46. The number of nitrogens with one attached hydrogen (secondary N) is 2. The number of carbonyl (C=O) groups excluding carboxylic acids is 2. The highest BCUT2D eigenvalue weighted by molar-refractivity contribution is 8.18. The molecule has 1 heterocycles. The molecule has 3 aromatic rings. The van der Waals surface area contributed by atoms with Gasteiger partial charge in [-0.1, -0.05) is 35.3 Å². The van der Waals surface area contributed by atoms with Gasteiger partial charge in [-0.2, -0.15) is 0 Å². The van der Waals surface area contributed by atoms with E-state index in [0.717, 1.165) is 5.56 Å². The number of ether oxygens (including phenoxy) is 2. The molecule has 190 valence electrons. The Morgan fingerprint density at radius 2 is 1.89 bits per heavy atom. The molecule has 2 amide bonds. The van der Waals surface area contributed by atoms with Crippen LogP contribution >= 0.6 is 35.0 Å². The average molecular weight is 556 g/mol. The molecule has 1 saturated heterocycles. The van der Waals surface area contributed by atoms with E-state index in [1.54, 1.807) is 48.5 Å². The van der Waals surface area contributed by atoms with Gasteiger partial charge in [-0.15, -0.1) is 0 Å². The summed E-state index contributed by atoms with van der Waals surface area (Å²) < 4.78 is 11.4. The van der Waals surface area contributed by atoms with Crippen molar-refractivity contribution >= 4 is 69.4 Å². The van der Waals surface area contributed by atoms with Crippen LogP contribution in [0.3, 0.4) is 0 Å². The van der Waals surface area contributed by atoms with Crippen molar-refractivity contribution in [3.05, 3.63) is 86.7 Å². The van der Waals surface area contributed by atoms with Gasteiger partial charge in [0.1, 0.15) is 0 Å². The summed E-state index contributed by atoms with van der Waals surface area (Å²) in [5.74, 6) is 0.00373. The maximum Gasteiger partial charge on any atom is 0.264 e. The van der Waals surface area contributed by atoms with Crippen LogP contribution in [0, 0.1) is 6.92 Å². The molecular weight excluding hydrogens is 533 g/mol. The third kappa shape index (κ3) is 7.29. The molecule has 4 rings (SSSR count). The van der Waals surface area contributed by atoms with E-state index in [1.165, 1.54) is 11.8 Å². The number of thioether (sulfide) groups is 1. The van der Waals surface area contributed by atoms with Crippen molar-refractivity contribution in [1.82, 2.24) is 5.32 Å². The Balaban J connectivity index is 1.48. The summed E-state index contributed by atoms with van der Waals surface area (Å²) in [4.78, 5) is 29.8. The molecule has 0 radical (unpaired) electrons. The van der Waals surface area contributed by atoms with Gasteiger partial charge in [0.25, 0.3) is 11.8 Å². The van der Waals surface area contributed by atoms with E-state index in [0.29, 0.717) is 44.4 Å². The van der Waals surface area contributed by atoms with Crippen LogP contribution in [0.4, 0.5) is 11.4 Å². The molecule has 0 aromatic heterocycles. The number of hydrogen-bond donors (Lipinski definition) is 2. The molecule has 37 heavy (non-hydrogen) atoms. The fourth-order valence-corrected chi connectivity index (χ4v) is 4.64. The summed E-state index contributed by atoms with van der Waals surface area (Å²) >= 11 is 13.6. The van der Waals surface area contributed by atoms with Crippen molar-refractivity contribution in [2.45, 2.75) is 13.8 Å². The molecule has 0 saturated carbocycles. The van der Waals surface area contributed by atoms with Crippen molar-refractivity contribution in [2.24, 2.45) is 4.99 Å². The molecule has 0 spiro atoms. The lowest BCUT2D eigenvalue weighted by molar-refractivity contribution is -0.118. The summed E-state index contributed by atoms with van der Waals surface area (Å²) in [6, 6.07) is 17.8. The van der Waals surface area contributed by atoms with Gasteiger partial charge in [-0.25, -0.2) is 4.99 Å². The zero-order valence-corrected chi connectivity index (χ0v) is 22.3. The Kier molecular flexibility index (Phi) is 8.76. The average Bonchev–Trinajstić information content (AvgIpc) is 3.18. The Morgan fingerprint density at radius 1 is 1.11 bits per heavy atom. The molecule has 10 heteroatoms. The van der Waals surface area contributed by atoms with Gasteiger partial charge in [-0.05, 0) is 91.3 Å². The smallest absolute Gasteiger partial charge is 0.264 e. The SMILES string of the molecule is CCOc1cc(/C=C2\SC(=Nc3ccc(Cl)cc3)NC2=O)cc(Cl)c1OCC(=O)Nc1cccc(C)c1. The van der Waals surface area contributed by atoms with Crippen LogP contribution in [0.1, 0.15) is 18.1 Å². The van der Waals surface area contributed by atoms with Crippen molar-refractivity contribution in [3.63, 3.8) is 0 Å². The molecule has 0 atom stereocenters. The quantitative estimate of drug-likeness (QED) is 0.305. The maximum atomic E-state index is 12.5. The van der Waals surface area contributed by atoms with Crippen molar-refractivity contribution < 1.29 is 19.1 Å². The zero-order valence-electron chi connectivity index (χ0n) is 20.0. The number of amides is 2. The lowest BCUT2D eigenvalue weighted by Gasteiger charge is -2.14. The third-order valence-corrected chi connectivity index (χ3v) is 6.43. The Bertz CT molecular complexity index is 1390. The summed E-state index contributed by atoms with van der Waals surface area (Å²) in [7, 11) is 0. The maximum absolute atomic E-state index is 12.5.